The van der Waals surface area contributed by atoms with Crippen molar-refractivity contribution in [1.29, 1.82) is 0 Å². The molecule has 0 saturated heterocycles. The van der Waals surface area contributed by atoms with Crippen molar-refractivity contribution >= 4 is 17.9 Å². The molecule has 0 amide bonds. The molecule has 0 rings (SSSR count). The van der Waals surface area contributed by atoms with Crippen molar-refractivity contribution < 1.29 is 28.6 Å². The molecule has 6 heteroatoms. The zero-order valence-electron chi connectivity index (χ0n) is 46.4. The van der Waals surface area contributed by atoms with E-state index < -0.39 is 6.10 Å². The third kappa shape index (κ3) is 56.5. The molecular weight excluding hydrogens is 889 g/mol. The fourth-order valence-electron chi connectivity index (χ4n) is 7.59. The highest BCUT2D eigenvalue weighted by Gasteiger charge is 2.19. The van der Waals surface area contributed by atoms with Crippen molar-refractivity contribution in [2.75, 3.05) is 13.2 Å². The molecule has 1 atom stereocenters. The van der Waals surface area contributed by atoms with Crippen LogP contribution in [-0.4, -0.2) is 37.2 Å². The summed E-state index contributed by atoms with van der Waals surface area (Å²) >= 11 is 0. The molecule has 0 saturated carbocycles. The van der Waals surface area contributed by atoms with Gasteiger partial charge in [0.25, 0.3) is 0 Å². The lowest BCUT2D eigenvalue weighted by atomic mass is 10.0. The second-order valence-corrected chi connectivity index (χ2v) is 18.8. The van der Waals surface area contributed by atoms with E-state index in [1.807, 2.05) is 0 Å². The van der Waals surface area contributed by atoms with Gasteiger partial charge in [-0.2, -0.15) is 0 Å². The number of carbonyl (C=O) groups excluding carboxylic acids is 3. The molecule has 6 nitrogen and oxygen atoms in total. The number of hydrogen-bond acceptors (Lipinski definition) is 6. The Morgan fingerprint density at radius 3 is 0.875 bits per heavy atom. The minimum atomic E-state index is -0.808. The monoisotopic (exact) mass is 995 g/mol. The van der Waals surface area contributed by atoms with Gasteiger partial charge >= 0.3 is 17.9 Å². The lowest BCUT2D eigenvalue weighted by Gasteiger charge is -2.18. The van der Waals surface area contributed by atoms with Gasteiger partial charge in [0.15, 0.2) is 6.10 Å². The van der Waals surface area contributed by atoms with E-state index in [0.717, 1.165) is 141 Å². The molecule has 0 aromatic rings. The van der Waals surface area contributed by atoms with Crippen LogP contribution in [-0.2, 0) is 28.6 Å². The Kier molecular flexibility index (Phi) is 55.5. The van der Waals surface area contributed by atoms with Crippen LogP contribution in [0, 0.1) is 0 Å². The molecule has 0 bridgehead atoms. The van der Waals surface area contributed by atoms with Crippen molar-refractivity contribution in [1.82, 2.24) is 0 Å². The predicted molar refractivity (Wildman–Crippen MR) is 311 cm³/mol. The van der Waals surface area contributed by atoms with Crippen LogP contribution in [0.3, 0.4) is 0 Å². The quantitative estimate of drug-likeness (QED) is 0.0261. The summed E-state index contributed by atoms with van der Waals surface area (Å²) in [6.07, 6.45) is 83.0. The average Bonchev–Trinajstić information content (AvgIpc) is 3.38. The molecule has 0 aliphatic carbocycles. The minimum absolute atomic E-state index is 0.101. The van der Waals surface area contributed by atoms with Gasteiger partial charge in [0.05, 0.1) is 0 Å². The molecule has 0 fully saturated rings. The normalized spacial score (nSPS) is 13.1. The van der Waals surface area contributed by atoms with Gasteiger partial charge in [0, 0.05) is 19.3 Å². The van der Waals surface area contributed by atoms with Gasteiger partial charge in [0.2, 0.25) is 0 Å². The van der Waals surface area contributed by atoms with Gasteiger partial charge in [-0.05, 0) is 116 Å². The van der Waals surface area contributed by atoms with Gasteiger partial charge < -0.3 is 14.2 Å². The third-order valence-corrected chi connectivity index (χ3v) is 11.9. The Morgan fingerprint density at radius 2 is 0.542 bits per heavy atom. The SMILES string of the molecule is CC/C=C\C/C=C\C/C=C\C/C=C\C/C=C\C/C=C\C/C=C\C/C=C\CCCCC(=O)OCC(COC(=O)CCCCCCCCCCCCCC)OC(=O)CCCCCCC/C=C\C/C=C\C/C=C\CC. The van der Waals surface area contributed by atoms with E-state index in [4.69, 9.17) is 14.2 Å². The van der Waals surface area contributed by atoms with E-state index in [1.54, 1.807) is 0 Å². The summed E-state index contributed by atoms with van der Waals surface area (Å²) in [6, 6.07) is 0. The Labute approximate surface area is 443 Å². The molecule has 406 valence electrons. The largest absolute Gasteiger partial charge is 0.462 e. The number of ether oxygens (including phenoxy) is 3. The summed E-state index contributed by atoms with van der Waals surface area (Å²) in [5.41, 5.74) is 0. The van der Waals surface area contributed by atoms with E-state index in [-0.39, 0.29) is 31.1 Å². The number of carbonyl (C=O) groups is 3. The number of hydrogen-bond donors (Lipinski definition) is 0. The first kappa shape index (κ1) is 67.5. The lowest BCUT2D eigenvalue weighted by molar-refractivity contribution is -0.167. The minimum Gasteiger partial charge on any atom is -0.462 e. The summed E-state index contributed by atoms with van der Waals surface area (Å²) in [6.45, 7) is 6.35. The van der Waals surface area contributed by atoms with E-state index in [1.165, 1.54) is 57.8 Å². The van der Waals surface area contributed by atoms with Crippen LogP contribution in [0.15, 0.2) is 134 Å². The summed E-state index contributed by atoms with van der Waals surface area (Å²) in [5, 5.41) is 0. The lowest BCUT2D eigenvalue weighted by Crippen LogP contribution is -2.30. The molecule has 0 aliphatic rings. The smallest absolute Gasteiger partial charge is 0.306 e. The molecule has 0 N–H and O–H groups in total. The van der Waals surface area contributed by atoms with Crippen LogP contribution in [0.5, 0.6) is 0 Å². The number of unbranched alkanes of at least 4 members (excludes halogenated alkanes) is 18. The van der Waals surface area contributed by atoms with Crippen LogP contribution >= 0.6 is 0 Å². The first-order valence-electron chi connectivity index (χ1n) is 29.2. The molecule has 0 heterocycles. The number of esters is 3. The van der Waals surface area contributed by atoms with Crippen molar-refractivity contribution in [2.24, 2.45) is 0 Å². The van der Waals surface area contributed by atoms with E-state index >= 15 is 0 Å². The molecule has 0 aromatic heterocycles. The van der Waals surface area contributed by atoms with Crippen molar-refractivity contribution in [3.05, 3.63) is 134 Å². The highest BCUT2D eigenvalue weighted by atomic mass is 16.6. The fraction of sp³-hybridized carbons (Fsp3) is 0.621. The second-order valence-electron chi connectivity index (χ2n) is 18.8. The average molecular weight is 996 g/mol. The maximum absolute atomic E-state index is 12.8. The van der Waals surface area contributed by atoms with Crippen LogP contribution in [0.1, 0.15) is 245 Å². The van der Waals surface area contributed by atoms with Gasteiger partial charge in [-0.3, -0.25) is 14.4 Å². The summed E-state index contributed by atoms with van der Waals surface area (Å²) < 4.78 is 16.8. The zero-order valence-corrected chi connectivity index (χ0v) is 46.4. The number of allylic oxidation sites excluding steroid dienone is 22. The second kappa shape index (κ2) is 59.1. The fourth-order valence-corrected chi connectivity index (χ4v) is 7.59. The van der Waals surface area contributed by atoms with E-state index in [2.05, 4.69) is 154 Å². The summed E-state index contributed by atoms with van der Waals surface area (Å²) in [5.74, 6) is -0.968. The van der Waals surface area contributed by atoms with Crippen LogP contribution in [0.2, 0.25) is 0 Å². The first-order chi connectivity index (χ1) is 35.5. The number of rotatable bonds is 51. The van der Waals surface area contributed by atoms with Gasteiger partial charge in [0.1, 0.15) is 13.2 Å². The van der Waals surface area contributed by atoms with Crippen LogP contribution < -0.4 is 0 Å². The Balaban J connectivity index is 4.43. The highest BCUT2D eigenvalue weighted by molar-refractivity contribution is 5.71. The first-order valence-corrected chi connectivity index (χ1v) is 29.2. The summed E-state index contributed by atoms with van der Waals surface area (Å²) in [4.78, 5) is 38.1. The highest BCUT2D eigenvalue weighted by Crippen LogP contribution is 2.14. The molecule has 0 aromatic carbocycles. The van der Waals surface area contributed by atoms with Crippen molar-refractivity contribution in [3.63, 3.8) is 0 Å². The van der Waals surface area contributed by atoms with Crippen LogP contribution in [0.4, 0.5) is 0 Å². The van der Waals surface area contributed by atoms with Crippen molar-refractivity contribution in [2.45, 2.75) is 252 Å². The van der Waals surface area contributed by atoms with Gasteiger partial charge in [-0.25, -0.2) is 0 Å². The maximum Gasteiger partial charge on any atom is 0.306 e. The molecule has 0 spiro atoms. The van der Waals surface area contributed by atoms with E-state index in [9.17, 15) is 14.4 Å². The molecule has 0 aliphatic heterocycles. The van der Waals surface area contributed by atoms with E-state index in [0.29, 0.717) is 25.7 Å². The Bertz CT molecular complexity index is 1560. The molecule has 0 radical (unpaired) electrons. The standard InChI is InChI=1S/C66H106O6/c1-4-7-10-13-16-19-22-25-27-28-29-30-31-32-33-34-35-36-37-38-40-41-44-47-50-53-56-59-65(68)71-62-63(61-70-64(67)58-55-52-49-46-43-24-21-18-15-12-9-6-3)72-66(69)60-57-54-51-48-45-42-39-26-23-20-17-14-11-8-5-2/h7-8,10-11,16-17,19-20,25-27,29-30,32-33,35-36,38-40,44,47,63H,4-6,9,12-15,18,21-24,28,31,34,37,41-43,45-46,48-62H2,1-3H3/b10-7-,11-8-,19-16-,20-17-,27-25-,30-29-,33-32-,36-35-,39-26-,40-38-,47-44-. The Morgan fingerprint density at radius 1 is 0.292 bits per heavy atom. The van der Waals surface area contributed by atoms with Gasteiger partial charge in [-0.15, -0.1) is 0 Å². The predicted octanol–water partition coefficient (Wildman–Crippen LogP) is 19.8. The van der Waals surface area contributed by atoms with Crippen LogP contribution in [0.25, 0.3) is 0 Å². The molecular formula is C66H106O6. The molecule has 1 unspecified atom stereocenters. The zero-order chi connectivity index (χ0) is 52.2. The summed E-state index contributed by atoms with van der Waals surface area (Å²) in [7, 11) is 0. The molecule has 72 heavy (non-hydrogen) atoms. The maximum atomic E-state index is 12.8. The topological polar surface area (TPSA) is 78.9 Å². The van der Waals surface area contributed by atoms with Crippen molar-refractivity contribution in [3.8, 4) is 0 Å². The van der Waals surface area contributed by atoms with Gasteiger partial charge in [-0.1, -0.05) is 244 Å². The third-order valence-electron chi connectivity index (χ3n) is 11.9. The Hall–Kier alpha value is -4.45.